The minimum Gasteiger partial charge on any atom is -0.462 e. The molecule has 0 fully saturated rings. The van der Waals surface area contributed by atoms with Gasteiger partial charge in [-0.15, -0.1) is 0 Å². The quantitative estimate of drug-likeness (QED) is 0.700. The van der Waals surface area contributed by atoms with Crippen molar-refractivity contribution in [3.05, 3.63) is 64.7 Å². The second-order valence-corrected chi connectivity index (χ2v) is 4.93. The van der Waals surface area contributed by atoms with E-state index in [1.54, 1.807) is 25.3 Å². The van der Waals surface area contributed by atoms with Crippen molar-refractivity contribution >= 4 is 17.3 Å². The maximum absolute atomic E-state index is 14.0. The first kappa shape index (κ1) is 14.3. The predicted octanol–water partition coefficient (Wildman–Crippen LogP) is 2.91. The van der Waals surface area contributed by atoms with E-state index in [0.717, 1.165) is 0 Å². The van der Waals surface area contributed by atoms with Gasteiger partial charge in [0.2, 0.25) is 5.78 Å². The van der Waals surface area contributed by atoms with E-state index >= 15 is 0 Å². The smallest absolute Gasteiger partial charge is 0.342 e. The zero-order valence-electron chi connectivity index (χ0n) is 12.0. The fraction of sp³-hybridized carbons (Fsp3) is 0.176. The summed E-state index contributed by atoms with van der Waals surface area (Å²) in [6.45, 7) is 1.84. The second kappa shape index (κ2) is 5.60. The third-order valence-corrected chi connectivity index (χ3v) is 3.65. The standard InChI is InChI=1S/C17H14FNO3/c1-2-22-17(21)15-12(14-7-4-8-19-14)9-11-10(16(15)20)5-3-6-13(11)18/h3-8,19H,2,9H2,1H3. The van der Waals surface area contributed by atoms with Gasteiger partial charge in [-0.05, 0) is 30.7 Å². The van der Waals surface area contributed by atoms with Crippen LogP contribution in [0.5, 0.6) is 0 Å². The first-order chi connectivity index (χ1) is 10.6. The summed E-state index contributed by atoms with van der Waals surface area (Å²) in [7, 11) is 0. The first-order valence-corrected chi connectivity index (χ1v) is 6.99. The summed E-state index contributed by atoms with van der Waals surface area (Å²) in [4.78, 5) is 27.8. The van der Waals surface area contributed by atoms with Gasteiger partial charge in [0.05, 0.1) is 6.61 Å². The lowest BCUT2D eigenvalue weighted by atomic mass is 9.83. The van der Waals surface area contributed by atoms with E-state index in [1.165, 1.54) is 18.2 Å². The Morgan fingerprint density at radius 2 is 2.14 bits per heavy atom. The third kappa shape index (κ3) is 2.24. The Morgan fingerprint density at radius 1 is 1.32 bits per heavy atom. The number of halogens is 1. The maximum atomic E-state index is 14.0. The van der Waals surface area contributed by atoms with E-state index in [9.17, 15) is 14.0 Å². The zero-order valence-corrected chi connectivity index (χ0v) is 12.0. The molecule has 1 heterocycles. The fourth-order valence-corrected chi connectivity index (χ4v) is 2.66. The van der Waals surface area contributed by atoms with Crippen molar-refractivity contribution in [1.29, 1.82) is 0 Å². The lowest BCUT2D eigenvalue weighted by Gasteiger charge is -2.21. The Labute approximate surface area is 126 Å². The molecule has 2 aromatic rings. The summed E-state index contributed by atoms with van der Waals surface area (Å²) in [5, 5.41) is 0. The van der Waals surface area contributed by atoms with Gasteiger partial charge in [-0.2, -0.15) is 0 Å². The highest BCUT2D eigenvalue weighted by atomic mass is 19.1. The molecule has 4 nitrogen and oxygen atoms in total. The number of benzene rings is 1. The normalized spacial score (nSPS) is 14.0. The average Bonchev–Trinajstić information content (AvgIpc) is 3.02. The largest absolute Gasteiger partial charge is 0.462 e. The number of carbonyl (C=O) groups excluding carboxylic acids is 2. The summed E-state index contributed by atoms with van der Waals surface area (Å²) in [6, 6.07) is 7.81. The lowest BCUT2D eigenvalue weighted by Crippen LogP contribution is -2.24. The Hall–Kier alpha value is -2.69. The van der Waals surface area contributed by atoms with Crippen LogP contribution >= 0.6 is 0 Å². The number of hydrogen-bond donors (Lipinski definition) is 1. The number of H-pyrrole nitrogens is 1. The van der Waals surface area contributed by atoms with Crippen LogP contribution in [0.3, 0.4) is 0 Å². The van der Waals surface area contributed by atoms with Crippen molar-refractivity contribution in [1.82, 2.24) is 4.98 Å². The molecule has 1 aromatic heterocycles. The van der Waals surface area contributed by atoms with E-state index in [1.807, 2.05) is 0 Å². The van der Waals surface area contributed by atoms with Crippen LogP contribution in [-0.4, -0.2) is 23.3 Å². The van der Waals surface area contributed by atoms with Crippen LogP contribution in [0.1, 0.15) is 28.5 Å². The highest BCUT2D eigenvalue weighted by molar-refractivity contribution is 6.30. The number of ketones is 1. The molecule has 22 heavy (non-hydrogen) atoms. The molecule has 0 saturated carbocycles. The van der Waals surface area contributed by atoms with Crippen molar-refractivity contribution < 1.29 is 18.7 Å². The zero-order chi connectivity index (χ0) is 15.7. The Morgan fingerprint density at radius 3 is 2.82 bits per heavy atom. The van der Waals surface area contributed by atoms with Gasteiger partial charge in [-0.25, -0.2) is 9.18 Å². The Balaban J connectivity index is 2.19. The van der Waals surface area contributed by atoms with Gasteiger partial charge in [-0.1, -0.05) is 12.1 Å². The number of nitrogens with one attached hydrogen (secondary N) is 1. The summed E-state index contributed by atoms with van der Waals surface area (Å²) in [5.41, 5.74) is 1.59. The molecule has 1 aliphatic rings. The SMILES string of the molecule is CCOC(=O)C1=C(c2ccc[nH]2)Cc2c(F)cccc2C1=O. The number of Topliss-reactive ketones (excluding diaryl/α,β-unsaturated/α-hetero) is 1. The second-order valence-electron chi connectivity index (χ2n) is 4.93. The van der Waals surface area contributed by atoms with Crippen molar-refractivity contribution in [3.8, 4) is 0 Å². The van der Waals surface area contributed by atoms with Gasteiger partial charge in [-0.3, -0.25) is 4.79 Å². The van der Waals surface area contributed by atoms with E-state index in [-0.39, 0.29) is 24.2 Å². The number of hydrogen-bond acceptors (Lipinski definition) is 3. The average molecular weight is 299 g/mol. The van der Waals surface area contributed by atoms with Crippen LogP contribution in [-0.2, 0) is 16.0 Å². The number of allylic oxidation sites excluding steroid dienone is 1. The van der Waals surface area contributed by atoms with Crippen LogP contribution in [0.4, 0.5) is 4.39 Å². The summed E-state index contributed by atoms with van der Waals surface area (Å²) < 4.78 is 19.0. The van der Waals surface area contributed by atoms with E-state index in [4.69, 9.17) is 4.74 Å². The molecule has 0 saturated heterocycles. The van der Waals surface area contributed by atoms with Gasteiger partial charge in [0, 0.05) is 29.4 Å². The summed E-state index contributed by atoms with van der Waals surface area (Å²) in [6.07, 6.45) is 1.86. The van der Waals surface area contributed by atoms with Crippen molar-refractivity contribution in [2.45, 2.75) is 13.3 Å². The van der Waals surface area contributed by atoms with E-state index < -0.39 is 17.6 Å². The molecular formula is C17H14FNO3. The number of aromatic nitrogens is 1. The van der Waals surface area contributed by atoms with Gasteiger partial charge < -0.3 is 9.72 Å². The van der Waals surface area contributed by atoms with Crippen molar-refractivity contribution in [3.63, 3.8) is 0 Å². The molecule has 5 heteroatoms. The molecule has 1 N–H and O–H groups in total. The molecule has 0 unspecified atom stereocenters. The Kier molecular flexibility index (Phi) is 3.63. The molecule has 112 valence electrons. The molecule has 3 rings (SSSR count). The topological polar surface area (TPSA) is 59.2 Å². The highest BCUT2D eigenvalue weighted by Crippen LogP contribution is 2.33. The number of ether oxygens (including phenoxy) is 1. The fourth-order valence-electron chi connectivity index (χ4n) is 2.66. The van der Waals surface area contributed by atoms with Crippen LogP contribution < -0.4 is 0 Å². The summed E-state index contributed by atoms with van der Waals surface area (Å²) >= 11 is 0. The molecule has 0 aliphatic heterocycles. The minimum absolute atomic E-state index is 0.0256. The van der Waals surface area contributed by atoms with Crippen LogP contribution in [0, 0.1) is 5.82 Å². The molecule has 1 aliphatic carbocycles. The third-order valence-electron chi connectivity index (χ3n) is 3.65. The van der Waals surface area contributed by atoms with Gasteiger partial charge in [0.15, 0.2) is 0 Å². The van der Waals surface area contributed by atoms with Crippen LogP contribution in [0.25, 0.3) is 5.57 Å². The van der Waals surface area contributed by atoms with Crippen molar-refractivity contribution in [2.75, 3.05) is 6.61 Å². The maximum Gasteiger partial charge on any atom is 0.342 e. The molecular weight excluding hydrogens is 285 g/mol. The van der Waals surface area contributed by atoms with Crippen LogP contribution in [0.2, 0.25) is 0 Å². The molecule has 0 bridgehead atoms. The van der Waals surface area contributed by atoms with Crippen LogP contribution in [0.15, 0.2) is 42.1 Å². The molecule has 0 amide bonds. The molecule has 0 spiro atoms. The highest BCUT2D eigenvalue weighted by Gasteiger charge is 2.33. The van der Waals surface area contributed by atoms with Gasteiger partial charge in [0.1, 0.15) is 11.4 Å². The van der Waals surface area contributed by atoms with Gasteiger partial charge in [0.25, 0.3) is 0 Å². The first-order valence-electron chi connectivity index (χ1n) is 6.99. The molecule has 1 aromatic carbocycles. The van der Waals surface area contributed by atoms with Gasteiger partial charge >= 0.3 is 5.97 Å². The number of esters is 1. The number of rotatable bonds is 3. The molecule has 0 atom stereocenters. The monoisotopic (exact) mass is 299 g/mol. The lowest BCUT2D eigenvalue weighted by molar-refractivity contribution is -0.138. The number of fused-ring (bicyclic) bond motifs is 1. The summed E-state index contributed by atoms with van der Waals surface area (Å²) in [5.74, 6) is -1.62. The van der Waals surface area contributed by atoms with E-state index in [0.29, 0.717) is 16.8 Å². The Bertz CT molecular complexity index is 775. The molecule has 0 radical (unpaired) electrons. The predicted molar refractivity (Wildman–Crippen MR) is 78.8 cm³/mol. The number of carbonyl (C=O) groups is 2. The van der Waals surface area contributed by atoms with E-state index in [2.05, 4.69) is 4.98 Å². The number of aromatic amines is 1. The minimum atomic E-state index is -0.674. The van der Waals surface area contributed by atoms with Crippen molar-refractivity contribution in [2.24, 2.45) is 0 Å².